The fourth-order valence-electron chi connectivity index (χ4n) is 2.44. The number of carbonyl (C=O) groups excluding carboxylic acids is 1. The molecule has 0 saturated heterocycles. The van der Waals surface area contributed by atoms with Gasteiger partial charge in [0, 0.05) is 22.6 Å². The second kappa shape index (κ2) is 8.40. The summed E-state index contributed by atoms with van der Waals surface area (Å²) < 4.78 is 7.63. The van der Waals surface area contributed by atoms with Crippen molar-refractivity contribution >= 4 is 28.8 Å². The number of aromatic nitrogens is 1. The van der Waals surface area contributed by atoms with Crippen molar-refractivity contribution in [2.45, 2.75) is 53.5 Å². The van der Waals surface area contributed by atoms with Crippen molar-refractivity contribution in [2.24, 2.45) is 10.9 Å². The molecule has 142 valence electrons. The van der Waals surface area contributed by atoms with E-state index in [4.69, 9.17) is 16.3 Å². The molecule has 0 fully saturated rings. The van der Waals surface area contributed by atoms with Crippen molar-refractivity contribution in [1.82, 2.24) is 4.57 Å². The first kappa shape index (κ1) is 20.7. The highest BCUT2D eigenvalue weighted by molar-refractivity contribution is 7.09. The summed E-state index contributed by atoms with van der Waals surface area (Å²) in [4.78, 5) is 19.2. The summed E-state index contributed by atoms with van der Waals surface area (Å²) in [6, 6.07) is 5.04. The largest absolute Gasteiger partial charge is 0.493 e. The first-order valence-corrected chi connectivity index (χ1v) is 10.0. The van der Waals surface area contributed by atoms with E-state index >= 15 is 0 Å². The number of carbonyl (C=O) groups is 1. The molecule has 1 heterocycles. The molecule has 0 bridgehead atoms. The van der Waals surface area contributed by atoms with Gasteiger partial charge in [0.15, 0.2) is 4.80 Å². The van der Waals surface area contributed by atoms with E-state index < -0.39 is 0 Å². The standard InChI is InChI=1S/C20H27ClN2O2S/c1-7-25-16-9-8-14(21)10-15(16)18(24)22-19-23(11-13(2)3)12-17(26-19)20(4,5)6/h8-10,12-13H,7,11H2,1-6H3/b22-19-. The van der Waals surface area contributed by atoms with Gasteiger partial charge in [-0.3, -0.25) is 4.79 Å². The Morgan fingerprint density at radius 3 is 2.62 bits per heavy atom. The van der Waals surface area contributed by atoms with Crippen LogP contribution in [-0.2, 0) is 12.0 Å². The van der Waals surface area contributed by atoms with Crippen molar-refractivity contribution in [2.75, 3.05) is 6.61 Å². The molecule has 2 aromatic rings. The number of hydrogen-bond acceptors (Lipinski definition) is 3. The van der Waals surface area contributed by atoms with Crippen LogP contribution in [0.5, 0.6) is 5.75 Å². The Bertz CT molecular complexity index is 844. The third kappa shape index (κ3) is 5.21. The minimum Gasteiger partial charge on any atom is -0.493 e. The average Bonchev–Trinajstić information content (AvgIpc) is 2.91. The number of rotatable bonds is 5. The summed E-state index contributed by atoms with van der Waals surface area (Å²) in [7, 11) is 0. The van der Waals surface area contributed by atoms with Gasteiger partial charge < -0.3 is 9.30 Å². The number of hydrogen-bond donors (Lipinski definition) is 0. The van der Waals surface area contributed by atoms with Crippen LogP contribution < -0.4 is 9.54 Å². The van der Waals surface area contributed by atoms with Crippen LogP contribution in [0.3, 0.4) is 0 Å². The van der Waals surface area contributed by atoms with E-state index in [0.717, 1.165) is 6.54 Å². The number of thiazole rings is 1. The zero-order valence-corrected chi connectivity index (χ0v) is 17.9. The van der Waals surface area contributed by atoms with Gasteiger partial charge in [0.25, 0.3) is 5.91 Å². The van der Waals surface area contributed by atoms with Gasteiger partial charge in [-0.2, -0.15) is 4.99 Å². The lowest BCUT2D eigenvalue weighted by Crippen LogP contribution is -2.19. The van der Waals surface area contributed by atoms with Crippen LogP contribution >= 0.6 is 22.9 Å². The zero-order chi connectivity index (χ0) is 19.5. The van der Waals surface area contributed by atoms with Gasteiger partial charge in [-0.15, -0.1) is 11.3 Å². The maximum absolute atomic E-state index is 12.8. The molecular weight excluding hydrogens is 368 g/mol. The highest BCUT2D eigenvalue weighted by atomic mass is 35.5. The molecule has 26 heavy (non-hydrogen) atoms. The zero-order valence-electron chi connectivity index (χ0n) is 16.3. The Balaban J connectivity index is 2.53. The Hall–Kier alpha value is -1.59. The summed E-state index contributed by atoms with van der Waals surface area (Å²) in [5, 5.41) is 0.489. The number of amides is 1. The average molecular weight is 395 g/mol. The van der Waals surface area contributed by atoms with E-state index in [1.54, 1.807) is 29.5 Å². The summed E-state index contributed by atoms with van der Waals surface area (Å²) in [6.07, 6.45) is 2.11. The molecule has 0 aliphatic carbocycles. The Kier molecular flexibility index (Phi) is 6.69. The quantitative estimate of drug-likeness (QED) is 0.690. The number of ether oxygens (including phenoxy) is 1. The van der Waals surface area contributed by atoms with Gasteiger partial charge in [0.05, 0.1) is 12.2 Å². The molecule has 0 spiro atoms. The highest BCUT2D eigenvalue weighted by Gasteiger charge is 2.19. The number of halogens is 1. The molecule has 4 nitrogen and oxygen atoms in total. The van der Waals surface area contributed by atoms with Gasteiger partial charge in [-0.1, -0.05) is 46.2 Å². The third-order valence-corrected chi connectivity index (χ3v) is 5.37. The normalized spacial score (nSPS) is 12.7. The molecule has 0 radical (unpaired) electrons. The van der Waals surface area contributed by atoms with Crippen LogP contribution in [0, 0.1) is 5.92 Å². The predicted molar refractivity (Wildman–Crippen MR) is 108 cm³/mol. The fourth-order valence-corrected chi connectivity index (χ4v) is 3.66. The van der Waals surface area contributed by atoms with Gasteiger partial charge in [0.2, 0.25) is 0 Å². The number of nitrogens with zero attached hydrogens (tertiary/aromatic N) is 2. The molecule has 2 rings (SSSR count). The monoisotopic (exact) mass is 394 g/mol. The second-order valence-corrected chi connectivity index (χ2v) is 9.11. The van der Waals surface area contributed by atoms with Crippen molar-refractivity contribution in [3.05, 3.63) is 44.7 Å². The molecule has 1 aromatic carbocycles. The minimum absolute atomic E-state index is 0.00670. The maximum Gasteiger partial charge on any atom is 0.283 e. The van der Waals surface area contributed by atoms with Crippen LogP contribution in [0.4, 0.5) is 0 Å². The molecule has 0 atom stereocenters. The molecule has 0 saturated carbocycles. The molecule has 0 aliphatic heterocycles. The lowest BCUT2D eigenvalue weighted by molar-refractivity contribution is 0.0994. The Labute approximate surface area is 164 Å². The summed E-state index contributed by atoms with van der Waals surface area (Å²) in [5.41, 5.74) is 0.397. The Morgan fingerprint density at radius 2 is 2.04 bits per heavy atom. The third-order valence-electron chi connectivity index (χ3n) is 3.69. The first-order chi connectivity index (χ1) is 12.1. The lowest BCUT2D eigenvalue weighted by Gasteiger charge is -2.14. The van der Waals surface area contributed by atoms with Crippen LogP contribution in [-0.4, -0.2) is 17.1 Å². The molecule has 0 unspecified atom stereocenters. The van der Waals surface area contributed by atoms with E-state index in [1.165, 1.54) is 4.88 Å². The minimum atomic E-state index is -0.337. The van der Waals surface area contributed by atoms with Crippen molar-refractivity contribution in [1.29, 1.82) is 0 Å². The SMILES string of the molecule is CCOc1ccc(Cl)cc1C(=O)/N=c1\sc(C(C)(C)C)cn1CC(C)C. The fraction of sp³-hybridized carbons (Fsp3) is 0.500. The predicted octanol–water partition coefficient (Wildman–Crippen LogP) is 5.30. The van der Waals surface area contributed by atoms with Gasteiger partial charge in [-0.25, -0.2) is 0 Å². The van der Waals surface area contributed by atoms with E-state index in [0.29, 0.717) is 33.7 Å². The second-order valence-electron chi connectivity index (χ2n) is 7.66. The summed E-state index contributed by atoms with van der Waals surface area (Å²) >= 11 is 7.63. The molecule has 1 aromatic heterocycles. The summed E-state index contributed by atoms with van der Waals surface area (Å²) in [5.74, 6) is 0.626. The van der Waals surface area contributed by atoms with Crippen molar-refractivity contribution in [3.63, 3.8) is 0 Å². The molecule has 0 N–H and O–H groups in total. The van der Waals surface area contributed by atoms with Crippen molar-refractivity contribution in [3.8, 4) is 5.75 Å². The molecule has 6 heteroatoms. The smallest absolute Gasteiger partial charge is 0.283 e. The molecular formula is C20H27ClN2O2S. The maximum atomic E-state index is 12.8. The van der Waals surface area contributed by atoms with Gasteiger partial charge >= 0.3 is 0 Å². The van der Waals surface area contributed by atoms with Gasteiger partial charge in [0.1, 0.15) is 5.75 Å². The first-order valence-electron chi connectivity index (χ1n) is 8.84. The van der Waals surface area contributed by atoms with E-state index in [-0.39, 0.29) is 11.3 Å². The molecule has 1 amide bonds. The lowest BCUT2D eigenvalue weighted by atomic mass is 9.95. The van der Waals surface area contributed by atoms with Crippen LogP contribution in [0.2, 0.25) is 5.02 Å². The molecule has 0 aliphatic rings. The van der Waals surface area contributed by atoms with Crippen LogP contribution in [0.25, 0.3) is 0 Å². The highest BCUT2D eigenvalue weighted by Crippen LogP contribution is 2.26. The number of benzene rings is 1. The van der Waals surface area contributed by atoms with E-state index in [1.807, 2.05) is 6.92 Å². The topological polar surface area (TPSA) is 43.6 Å². The Morgan fingerprint density at radius 1 is 1.35 bits per heavy atom. The van der Waals surface area contributed by atoms with E-state index in [2.05, 4.69) is 50.4 Å². The van der Waals surface area contributed by atoms with E-state index in [9.17, 15) is 4.79 Å². The van der Waals surface area contributed by atoms with Crippen LogP contribution in [0.1, 0.15) is 56.8 Å². The van der Waals surface area contributed by atoms with Crippen molar-refractivity contribution < 1.29 is 9.53 Å². The summed E-state index contributed by atoms with van der Waals surface area (Å²) in [6.45, 7) is 14.0. The van der Waals surface area contributed by atoms with Crippen LogP contribution in [0.15, 0.2) is 29.4 Å². The van der Waals surface area contributed by atoms with Gasteiger partial charge in [-0.05, 0) is 36.5 Å².